The van der Waals surface area contributed by atoms with Gasteiger partial charge in [-0.25, -0.2) is 0 Å². The molecule has 0 bridgehead atoms. The van der Waals surface area contributed by atoms with Crippen molar-refractivity contribution in [1.29, 1.82) is 0 Å². The molecule has 0 radical (unpaired) electrons. The van der Waals surface area contributed by atoms with E-state index in [9.17, 15) is 0 Å². The lowest BCUT2D eigenvalue weighted by atomic mass is 10.1. The van der Waals surface area contributed by atoms with E-state index < -0.39 is 0 Å². The zero-order chi connectivity index (χ0) is 8.72. The maximum Gasteiger partial charge on any atom is 0.158 e. The molecule has 0 unspecified atom stereocenters. The third-order valence-corrected chi connectivity index (χ3v) is 2.34. The molecule has 0 saturated carbocycles. The van der Waals surface area contributed by atoms with Gasteiger partial charge in [0, 0.05) is 5.39 Å². The lowest BCUT2D eigenvalue weighted by molar-refractivity contribution is 0.517. The summed E-state index contributed by atoms with van der Waals surface area (Å²) in [5, 5.41) is 1.80. The fourth-order valence-corrected chi connectivity index (χ4v) is 1.53. The van der Waals surface area contributed by atoms with Gasteiger partial charge in [0.1, 0.15) is 5.58 Å². The molecule has 0 aliphatic heterocycles. The first-order valence-electron chi connectivity index (χ1n) is 3.86. The first kappa shape index (κ1) is 7.74. The average molecular weight is 178 g/mol. The highest BCUT2D eigenvalue weighted by atomic mass is 32.1. The number of thiol groups is 1. The second-order valence-electron chi connectivity index (χ2n) is 3.06. The molecule has 2 heteroatoms. The van der Waals surface area contributed by atoms with Crippen molar-refractivity contribution in [2.24, 2.45) is 0 Å². The van der Waals surface area contributed by atoms with Gasteiger partial charge in [0.2, 0.25) is 0 Å². The molecule has 0 aliphatic rings. The predicted molar refractivity (Wildman–Crippen MR) is 52.9 cm³/mol. The maximum absolute atomic E-state index is 5.37. The van der Waals surface area contributed by atoms with Crippen molar-refractivity contribution < 1.29 is 4.42 Å². The Balaban J connectivity index is 2.83. The number of fused-ring (bicyclic) bond motifs is 1. The van der Waals surface area contributed by atoms with Crippen LogP contribution in [0.5, 0.6) is 0 Å². The Hall–Kier alpha value is -0.890. The Morgan fingerprint density at radius 2 is 1.75 bits per heavy atom. The molecule has 12 heavy (non-hydrogen) atoms. The first-order valence-corrected chi connectivity index (χ1v) is 4.31. The van der Waals surface area contributed by atoms with Crippen LogP contribution in [0, 0.1) is 13.8 Å². The van der Waals surface area contributed by atoms with Crippen molar-refractivity contribution in [2.75, 3.05) is 0 Å². The molecule has 62 valence electrons. The summed E-state index contributed by atoms with van der Waals surface area (Å²) >= 11 is 4.14. The van der Waals surface area contributed by atoms with E-state index >= 15 is 0 Å². The standard InChI is InChI=1S/C10H10OS/c1-6-3-8-5-10(12)11-9(8)4-7(6)2/h3-5,12H,1-2H3. The minimum Gasteiger partial charge on any atom is -0.450 e. The maximum atomic E-state index is 5.37. The van der Waals surface area contributed by atoms with Gasteiger partial charge in [0.15, 0.2) is 5.09 Å². The van der Waals surface area contributed by atoms with E-state index in [0.717, 1.165) is 11.0 Å². The fourth-order valence-electron chi connectivity index (χ4n) is 1.29. The van der Waals surface area contributed by atoms with Gasteiger partial charge in [-0.3, -0.25) is 0 Å². The molecule has 0 saturated heterocycles. The Labute approximate surface area is 76.8 Å². The van der Waals surface area contributed by atoms with Crippen LogP contribution in [-0.2, 0) is 0 Å². The molecule has 0 spiro atoms. The summed E-state index contributed by atoms with van der Waals surface area (Å²) in [4.78, 5) is 0. The molecule has 1 heterocycles. The predicted octanol–water partition coefficient (Wildman–Crippen LogP) is 3.34. The molecule has 1 aromatic heterocycles. The van der Waals surface area contributed by atoms with E-state index in [0.29, 0.717) is 5.09 Å². The normalized spacial score (nSPS) is 10.9. The van der Waals surface area contributed by atoms with Crippen LogP contribution in [0.4, 0.5) is 0 Å². The van der Waals surface area contributed by atoms with Crippen LogP contribution in [0.15, 0.2) is 27.7 Å². The molecule has 2 aromatic rings. The summed E-state index contributed by atoms with van der Waals surface area (Å²) in [5.74, 6) is 0. The first-order chi connectivity index (χ1) is 5.66. The van der Waals surface area contributed by atoms with Crippen molar-refractivity contribution in [3.8, 4) is 0 Å². The summed E-state index contributed by atoms with van der Waals surface area (Å²) in [5.41, 5.74) is 3.46. The van der Waals surface area contributed by atoms with Crippen molar-refractivity contribution in [2.45, 2.75) is 18.9 Å². The summed E-state index contributed by atoms with van der Waals surface area (Å²) in [7, 11) is 0. The SMILES string of the molecule is Cc1cc2cc(S)oc2cc1C. The second-order valence-corrected chi connectivity index (χ2v) is 3.50. The molecule has 0 atom stereocenters. The highest BCUT2D eigenvalue weighted by molar-refractivity contribution is 7.80. The van der Waals surface area contributed by atoms with Gasteiger partial charge >= 0.3 is 0 Å². The fraction of sp³-hybridized carbons (Fsp3) is 0.200. The molecule has 0 fully saturated rings. The molecule has 2 rings (SSSR count). The third-order valence-electron chi connectivity index (χ3n) is 2.12. The number of rotatable bonds is 0. The monoisotopic (exact) mass is 178 g/mol. The van der Waals surface area contributed by atoms with Gasteiger partial charge in [-0.1, -0.05) is 0 Å². The van der Waals surface area contributed by atoms with Crippen molar-refractivity contribution in [3.63, 3.8) is 0 Å². The number of benzene rings is 1. The Kier molecular flexibility index (Phi) is 1.65. The van der Waals surface area contributed by atoms with Gasteiger partial charge in [0.25, 0.3) is 0 Å². The second kappa shape index (κ2) is 2.56. The summed E-state index contributed by atoms with van der Waals surface area (Å²) in [6.07, 6.45) is 0. The molecule has 1 nitrogen and oxygen atoms in total. The van der Waals surface area contributed by atoms with E-state index in [-0.39, 0.29) is 0 Å². The zero-order valence-corrected chi connectivity index (χ0v) is 7.98. The number of hydrogen-bond acceptors (Lipinski definition) is 2. The number of aryl methyl sites for hydroxylation is 2. The van der Waals surface area contributed by atoms with Crippen molar-refractivity contribution in [1.82, 2.24) is 0 Å². The van der Waals surface area contributed by atoms with Crippen LogP contribution in [0.2, 0.25) is 0 Å². The molecular formula is C10H10OS. The summed E-state index contributed by atoms with van der Waals surface area (Å²) in [6, 6.07) is 6.10. The highest BCUT2D eigenvalue weighted by Gasteiger charge is 2.02. The quantitative estimate of drug-likeness (QED) is 0.610. The highest BCUT2D eigenvalue weighted by Crippen LogP contribution is 2.24. The lowest BCUT2D eigenvalue weighted by Crippen LogP contribution is -1.77. The summed E-state index contributed by atoms with van der Waals surface area (Å²) in [6.45, 7) is 4.18. The van der Waals surface area contributed by atoms with Crippen LogP contribution in [0.3, 0.4) is 0 Å². The van der Waals surface area contributed by atoms with E-state index in [1.807, 2.05) is 12.1 Å². The number of furan rings is 1. The Bertz CT molecular complexity index is 390. The van der Waals surface area contributed by atoms with Gasteiger partial charge in [0.05, 0.1) is 0 Å². The molecule has 0 aliphatic carbocycles. The van der Waals surface area contributed by atoms with Gasteiger partial charge in [-0.15, -0.1) is 12.6 Å². The van der Waals surface area contributed by atoms with Crippen molar-refractivity contribution in [3.05, 3.63) is 29.3 Å². The lowest BCUT2D eigenvalue weighted by Gasteiger charge is -1.97. The van der Waals surface area contributed by atoms with Crippen LogP contribution in [-0.4, -0.2) is 0 Å². The smallest absolute Gasteiger partial charge is 0.158 e. The van der Waals surface area contributed by atoms with Crippen LogP contribution >= 0.6 is 12.6 Å². The minimum atomic E-state index is 0.676. The molecule has 0 amide bonds. The number of hydrogen-bond donors (Lipinski definition) is 1. The van der Waals surface area contributed by atoms with Crippen molar-refractivity contribution >= 4 is 23.6 Å². The zero-order valence-electron chi connectivity index (χ0n) is 7.09. The van der Waals surface area contributed by atoms with Crippen LogP contribution in [0.1, 0.15) is 11.1 Å². The third kappa shape index (κ3) is 1.12. The minimum absolute atomic E-state index is 0.676. The Morgan fingerprint density at radius 1 is 1.08 bits per heavy atom. The Morgan fingerprint density at radius 3 is 2.50 bits per heavy atom. The van der Waals surface area contributed by atoms with Crippen LogP contribution in [0.25, 0.3) is 11.0 Å². The van der Waals surface area contributed by atoms with E-state index in [4.69, 9.17) is 4.42 Å². The molecular weight excluding hydrogens is 168 g/mol. The van der Waals surface area contributed by atoms with E-state index in [2.05, 4.69) is 32.5 Å². The van der Waals surface area contributed by atoms with Gasteiger partial charge in [-0.05, 0) is 43.2 Å². The van der Waals surface area contributed by atoms with Gasteiger partial charge in [-0.2, -0.15) is 0 Å². The molecule has 1 aromatic carbocycles. The largest absolute Gasteiger partial charge is 0.450 e. The van der Waals surface area contributed by atoms with E-state index in [1.54, 1.807) is 0 Å². The van der Waals surface area contributed by atoms with E-state index in [1.165, 1.54) is 11.1 Å². The molecule has 0 N–H and O–H groups in total. The topological polar surface area (TPSA) is 13.1 Å². The van der Waals surface area contributed by atoms with Gasteiger partial charge < -0.3 is 4.42 Å². The van der Waals surface area contributed by atoms with Crippen LogP contribution < -0.4 is 0 Å². The average Bonchev–Trinajstić information content (AvgIpc) is 2.30. The summed E-state index contributed by atoms with van der Waals surface area (Å²) < 4.78 is 5.37.